The van der Waals surface area contributed by atoms with Gasteiger partial charge in [-0.25, -0.2) is 4.79 Å². The van der Waals surface area contributed by atoms with Crippen LogP contribution in [0.4, 0.5) is 0 Å². The summed E-state index contributed by atoms with van der Waals surface area (Å²) in [5.41, 5.74) is 4.20. The van der Waals surface area contributed by atoms with Crippen LogP contribution in [-0.4, -0.2) is 17.6 Å². The maximum absolute atomic E-state index is 13.1. The van der Waals surface area contributed by atoms with Gasteiger partial charge in [0.2, 0.25) is 0 Å². The van der Waals surface area contributed by atoms with Crippen LogP contribution in [0.2, 0.25) is 0 Å². The molecule has 0 aliphatic carbocycles. The summed E-state index contributed by atoms with van der Waals surface area (Å²) in [7, 11) is 3.22. The van der Waals surface area contributed by atoms with Crippen molar-refractivity contribution in [2.45, 2.75) is 6.92 Å². The van der Waals surface area contributed by atoms with E-state index in [0.717, 1.165) is 11.1 Å². The molecule has 0 N–H and O–H groups in total. The van der Waals surface area contributed by atoms with Gasteiger partial charge in [0.15, 0.2) is 5.43 Å². The van der Waals surface area contributed by atoms with E-state index in [-0.39, 0.29) is 5.43 Å². The Balaban J connectivity index is 2.19. The highest BCUT2D eigenvalue weighted by atomic mass is 16.5. The van der Waals surface area contributed by atoms with E-state index in [0.29, 0.717) is 22.3 Å². The number of rotatable bonds is 3. The number of carbonyl (C=O) groups excluding carboxylic acids is 1. The molecule has 2 aromatic carbocycles. The molecule has 3 rings (SSSR count). The fourth-order valence-corrected chi connectivity index (χ4v) is 2.86. The minimum absolute atomic E-state index is 0.0642. The molecule has 0 unspecified atom stereocenters. The zero-order valence-corrected chi connectivity index (χ0v) is 14.4. The van der Waals surface area contributed by atoms with Gasteiger partial charge in [-0.05, 0) is 30.2 Å². The summed E-state index contributed by atoms with van der Waals surface area (Å²) in [5.74, 6) is -0.423. The van der Waals surface area contributed by atoms with Crippen LogP contribution in [0.1, 0.15) is 15.9 Å². The SMILES string of the molecule is COC(=O)c1cccc(-c2cn(C)cc(-c3cccc(C)c3)c2=O)c1. The molecule has 4 nitrogen and oxygen atoms in total. The van der Waals surface area contributed by atoms with Gasteiger partial charge < -0.3 is 9.30 Å². The Labute approximate surface area is 146 Å². The Bertz CT molecular complexity index is 1000. The van der Waals surface area contributed by atoms with Gasteiger partial charge in [-0.1, -0.05) is 42.0 Å². The molecule has 25 heavy (non-hydrogen) atoms. The van der Waals surface area contributed by atoms with Crippen molar-refractivity contribution in [2.75, 3.05) is 7.11 Å². The predicted molar refractivity (Wildman–Crippen MR) is 98.6 cm³/mol. The summed E-state index contributed by atoms with van der Waals surface area (Å²) in [6, 6.07) is 14.8. The standard InChI is InChI=1S/C21H19NO3/c1-14-6-4-7-15(10-14)18-12-22(2)13-19(20(18)23)16-8-5-9-17(11-16)21(24)25-3/h4-13H,1-3H3. The van der Waals surface area contributed by atoms with Crippen LogP contribution in [0.25, 0.3) is 22.3 Å². The van der Waals surface area contributed by atoms with E-state index < -0.39 is 5.97 Å². The average molecular weight is 333 g/mol. The maximum Gasteiger partial charge on any atom is 0.337 e. The third kappa shape index (κ3) is 3.38. The number of carbonyl (C=O) groups is 1. The molecule has 0 bridgehead atoms. The van der Waals surface area contributed by atoms with E-state index in [1.807, 2.05) is 55.1 Å². The minimum atomic E-state index is -0.423. The lowest BCUT2D eigenvalue weighted by molar-refractivity contribution is 0.0601. The van der Waals surface area contributed by atoms with Crippen LogP contribution in [0.3, 0.4) is 0 Å². The molecule has 126 valence electrons. The Morgan fingerprint density at radius 2 is 1.56 bits per heavy atom. The number of hydrogen-bond donors (Lipinski definition) is 0. The van der Waals surface area contributed by atoms with Gasteiger partial charge in [0.25, 0.3) is 0 Å². The highest BCUT2D eigenvalue weighted by Crippen LogP contribution is 2.22. The van der Waals surface area contributed by atoms with Crippen LogP contribution in [0.15, 0.2) is 65.7 Å². The Morgan fingerprint density at radius 1 is 0.960 bits per heavy atom. The van der Waals surface area contributed by atoms with Crippen molar-refractivity contribution in [3.05, 3.63) is 82.3 Å². The summed E-state index contributed by atoms with van der Waals surface area (Å²) in [5, 5.41) is 0. The zero-order valence-electron chi connectivity index (χ0n) is 14.4. The first-order valence-electron chi connectivity index (χ1n) is 7.95. The summed E-state index contributed by atoms with van der Waals surface area (Å²) in [6.45, 7) is 2.00. The van der Waals surface area contributed by atoms with Crippen molar-refractivity contribution in [1.82, 2.24) is 4.57 Å². The van der Waals surface area contributed by atoms with Gasteiger partial charge in [-0.15, -0.1) is 0 Å². The van der Waals surface area contributed by atoms with Gasteiger partial charge in [0.1, 0.15) is 0 Å². The fourth-order valence-electron chi connectivity index (χ4n) is 2.86. The van der Waals surface area contributed by atoms with Crippen LogP contribution >= 0.6 is 0 Å². The molecule has 0 amide bonds. The number of ether oxygens (including phenoxy) is 1. The maximum atomic E-state index is 13.1. The highest BCUT2D eigenvalue weighted by Gasteiger charge is 2.13. The molecule has 0 radical (unpaired) electrons. The first-order chi connectivity index (χ1) is 12.0. The fraction of sp³-hybridized carbons (Fsp3) is 0.143. The number of methoxy groups -OCH3 is 1. The van der Waals surface area contributed by atoms with E-state index in [1.54, 1.807) is 24.4 Å². The molecule has 1 aromatic heterocycles. The van der Waals surface area contributed by atoms with Crippen molar-refractivity contribution in [2.24, 2.45) is 7.05 Å². The average Bonchev–Trinajstić information content (AvgIpc) is 2.62. The van der Waals surface area contributed by atoms with Crippen molar-refractivity contribution >= 4 is 5.97 Å². The third-order valence-electron chi connectivity index (χ3n) is 4.08. The minimum Gasteiger partial charge on any atom is -0.465 e. The lowest BCUT2D eigenvalue weighted by atomic mass is 9.99. The Kier molecular flexibility index (Phi) is 4.52. The normalized spacial score (nSPS) is 10.5. The lowest BCUT2D eigenvalue weighted by Crippen LogP contribution is -2.12. The smallest absolute Gasteiger partial charge is 0.337 e. The molecule has 0 aliphatic rings. The zero-order chi connectivity index (χ0) is 18.0. The summed E-state index contributed by atoms with van der Waals surface area (Å²) >= 11 is 0. The van der Waals surface area contributed by atoms with Gasteiger partial charge in [-0.3, -0.25) is 4.79 Å². The van der Waals surface area contributed by atoms with Crippen molar-refractivity contribution in [3.8, 4) is 22.3 Å². The van der Waals surface area contributed by atoms with E-state index >= 15 is 0 Å². The molecule has 0 aliphatic heterocycles. The molecule has 0 atom stereocenters. The topological polar surface area (TPSA) is 48.3 Å². The van der Waals surface area contributed by atoms with E-state index in [9.17, 15) is 9.59 Å². The van der Waals surface area contributed by atoms with E-state index in [2.05, 4.69) is 0 Å². The number of aromatic nitrogens is 1. The molecule has 1 heterocycles. The summed E-state index contributed by atoms with van der Waals surface area (Å²) in [6.07, 6.45) is 3.60. The Morgan fingerprint density at radius 3 is 2.16 bits per heavy atom. The number of benzene rings is 2. The second-order valence-electron chi connectivity index (χ2n) is 6.02. The lowest BCUT2D eigenvalue weighted by Gasteiger charge is -2.10. The van der Waals surface area contributed by atoms with Gasteiger partial charge in [0, 0.05) is 30.6 Å². The Hall–Kier alpha value is -3.14. The molecule has 0 saturated carbocycles. The van der Waals surface area contributed by atoms with Crippen LogP contribution in [-0.2, 0) is 11.8 Å². The van der Waals surface area contributed by atoms with Crippen LogP contribution in [0.5, 0.6) is 0 Å². The van der Waals surface area contributed by atoms with Crippen molar-refractivity contribution in [3.63, 3.8) is 0 Å². The second-order valence-corrected chi connectivity index (χ2v) is 6.02. The van der Waals surface area contributed by atoms with Crippen LogP contribution < -0.4 is 5.43 Å². The quantitative estimate of drug-likeness (QED) is 0.685. The number of hydrogen-bond acceptors (Lipinski definition) is 3. The van der Waals surface area contributed by atoms with E-state index in [1.165, 1.54) is 7.11 Å². The molecule has 3 aromatic rings. The predicted octanol–water partition coefficient (Wildman–Crippen LogP) is 3.81. The van der Waals surface area contributed by atoms with Crippen molar-refractivity contribution < 1.29 is 9.53 Å². The third-order valence-corrected chi connectivity index (χ3v) is 4.08. The van der Waals surface area contributed by atoms with E-state index in [4.69, 9.17) is 4.74 Å². The monoisotopic (exact) mass is 333 g/mol. The summed E-state index contributed by atoms with van der Waals surface area (Å²) in [4.78, 5) is 24.8. The molecular formula is C21H19NO3. The largest absolute Gasteiger partial charge is 0.465 e. The second kappa shape index (κ2) is 6.77. The van der Waals surface area contributed by atoms with Crippen molar-refractivity contribution in [1.29, 1.82) is 0 Å². The number of nitrogens with zero attached hydrogens (tertiary/aromatic N) is 1. The van der Waals surface area contributed by atoms with Crippen LogP contribution in [0, 0.1) is 6.92 Å². The molecule has 0 fully saturated rings. The number of pyridine rings is 1. The number of aryl methyl sites for hydroxylation is 2. The summed E-state index contributed by atoms with van der Waals surface area (Å²) < 4.78 is 6.63. The first kappa shape index (κ1) is 16.7. The highest BCUT2D eigenvalue weighted by molar-refractivity contribution is 5.91. The van der Waals surface area contributed by atoms with Gasteiger partial charge in [0.05, 0.1) is 12.7 Å². The van der Waals surface area contributed by atoms with Gasteiger partial charge >= 0.3 is 5.97 Å². The molecule has 0 saturated heterocycles. The molecular weight excluding hydrogens is 314 g/mol. The van der Waals surface area contributed by atoms with Gasteiger partial charge in [-0.2, -0.15) is 0 Å². The molecule has 4 heteroatoms. The number of esters is 1. The molecule has 0 spiro atoms. The first-order valence-corrected chi connectivity index (χ1v) is 7.95.